The van der Waals surface area contributed by atoms with Crippen LogP contribution >= 0.6 is 0 Å². The third-order valence-corrected chi connectivity index (χ3v) is 5.48. The lowest BCUT2D eigenvalue weighted by molar-refractivity contribution is -0.153. The predicted molar refractivity (Wildman–Crippen MR) is 107 cm³/mol. The number of ether oxygens (including phenoxy) is 1. The molecule has 0 radical (unpaired) electrons. The fraction of sp³-hybridized carbons (Fsp3) is 0.476. The Kier molecular flexibility index (Phi) is 6.19. The van der Waals surface area contributed by atoms with E-state index in [0.29, 0.717) is 24.1 Å². The summed E-state index contributed by atoms with van der Waals surface area (Å²) in [6.07, 6.45) is 1.74. The van der Waals surface area contributed by atoms with Crippen molar-refractivity contribution in [3.05, 3.63) is 29.8 Å². The highest BCUT2D eigenvalue weighted by Gasteiger charge is 2.52. The van der Waals surface area contributed by atoms with Crippen LogP contribution in [-0.4, -0.2) is 52.7 Å². The number of nitrogens with one attached hydrogen (secondary N) is 2. The zero-order valence-electron chi connectivity index (χ0n) is 17.0. The van der Waals surface area contributed by atoms with Crippen LogP contribution in [0.1, 0.15) is 56.3 Å². The Morgan fingerprint density at radius 2 is 1.80 bits per heavy atom. The average Bonchev–Trinajstić information content (AvgIpc) is 3.26. The van der Waals surface area contributed by atoms with Gasteiger partial charge >= 0.3 is 12.0 Å². The Bertz CT molecular complexity index is 873. The van der Waals surface area contributed by atoms with Gasteiger partial charge in [0.15, 0.2) is 11.9 Å². The van der Waals surface area contributed by atoms with Gasteiger partial charge in [0.1, 0.15) is 5.54 Å². The number of ketones is 1. The van der Waals surface area contributed by atoms with Crippen LogP contribution < -0.4 is 10.6 Å². The molecular formula is C21H25N3O6. The molecule has 1 aromatic rings. The molecule has 3 rings (SSSR count). The summed E-state index contributed by atoms with van der Waals surface area (Å²) < 4.78 is 5.12. The molecule has 0 aromatic heterocycles. The zero-order chi connectivity index (χ0) is 21.9. The van der Waals surface area contributed by atoms with Crippen LogP contribution in [0.15, 0.2) is 24.3 Å². The van der Waals surface area contributed by atoms with Crippen LogP contribution in [0.25, 0.3) is 0 Å². The lowest BCUT2D eigenvalue weighted by Crippen LogP contribution is -2.44. The van der Waals surface area contributed by atoms with Gasteiger partial charge in [0, 0.05) is 17.8 Å². The standard InChI is InChI=1S/C21H25N3O6/c1-13(25)15-5-7-16(8-6-15)22-18(27)14(2)30-17(26)9-12-24-19(28)21(23-20(24)29)10-3-4-11-21/h5-8,14H,3-4,9-12H2,1-2H3,(H,22,27)(H,23,29)/t14-/m1/s1. The molecule has 1 saturated carbocycles. The Labute approximate surface area is 174 Å². The molecule has 1 aliphatic heterocycles. The number of nitrogens with zero attached hydrogens (tertiary/aromatic N) is 1. The molecule has 1 saturated heterocycles. The molecule has 1 heterocycles. The maximum atomic E-state index is 12.6. The number of Topliss-reactive ketones (excluding diaryl/α,β-unsaturated/α-hetero) is 1. The molecule has 1 aliphatic carbocycles. The second-order valence-electron chi connectivity index (χ2n) is 7.68. The number of carbonyl (C=O) groups is 5. The molecule has 4 amide bonds. The van der Waals surface area contributed by atoms with E-state index in [0.717, 1.165) is 17.7 Å². The van der Waals surface area contributed by atoms with E-state index in [1.807, 2.05) is 0 Å². The third-order valence-electron chi connectivity index (χ3n) is 5.48. The molecule has 2 N–H and O–H groups in total. The van der Waals surface area contributed by atoms with Crippen molar-refractivity contribution in [3.63, 3.8) is 0 Å². The molecule has 160 valence electrons. The summed E-state index contributed by atoms with van der Waals surface area (Å²) >= 11 is 0. The van der Waals surface area contributed by atoms with Crippen molar-refractivity contribution < 1.29 is 28.7 Å². The van der Waals surface area contributed by atoms with E-state index in [2.05, 4.69) is 10.6 Å². The molecule has 1 spiro atoms. The minimum atomic E-state index is -1.06. The minimum absolute atomic E-state index is 0.0841. The highest BCUT2D eigenvalue weighted by atomic mass is 16.5. The number of hydrogen-bond acceptors (Lipinski definition) is 6. The predicted octanol–water partition coefficient (Wildman–Crippen LogP) is 2.01. The molecule has 1 atom stereocenters. The third kappa shape index (κ3) is 4.50. The first-order valence-corrected chi connectivity index (χ1v) is 9.97. The van der Waals surface area contributed by atoms with Crippen molar-refractivity contribution in [3.8, 4) is 0 Å². The van der Waals surface area contributed by atoms with Crippen LogP contribution in [0.3, 0.4) is 0 Å². The van der Waals surface area contributed by atoms with Crippen LogP contribution in [0.5, 0.6) is 0 Å². The fourth-order valence-electron chi connectivity index (χ4n) is 3.74. The second kappa shape index (κ2) is 8.64. The largest absolute Gasteiger partial charge is 0.452 e. The number of carbonyl (C=O) groups excluding carboxylic acids is 5. The number of esters is 1. The lowest BCUT2D eigenvalue weighted by Gasteiger charge is -2.20. The van der Waals surface area contributed by atoms with Crippen molar-refractivity contribution >= 4 is 35.3 Å². The van der Waals surface area contributed by atoms with Gasteiger partial charge in [-0.3, -0.25) is 24.1 Å². The van der Waals surface area contributed by atoms with Crippen LogP contribution in [0, 0.1) is 0 Å². The minimum Gasteiger partial charge on any atom is -0.452 e. The van der Waals surface area contributed by atoms with Gasteiger partial charge < -0.3 is 15.4 Å². The summed E-state index contributed by atoms with van der Waals surface area (Å²) in [4.78, 5) is 61.3. The van der Waals surface area contributed by atoms with E-state index in [1.165, 1.54) is 13.8 Å². The zero-order valence-corrected chi connectivity index (χ0v) is 17.0. The maximum Gasteiger partial charge on any atom is 0.325 e. The maximum absolute atomic E-state index is 12.6. The summed E-state index contributed by atoms with van der Waals surface area (Å²) in [6.45, 7) is 2.78. The van der Waals surface area contributed by atoms with Gasteiger partial charge in [-0.2, -0.15) is 0 Å². The topological polar surface area (TPSA) is 122 Å². The average molecular weight is 415 g/mol. The van der Waals surface area contributed by atoms with Crippen molar-refractivity contribution in [2.45, 2.75) is 57.6 Å². The lowest BCUT2D eigenvalue weighted by atomic mass is 9.98. The number of benzene rings is 1. The molecule has 30 heavy (non-hydrogen) atoms. The summed E-state index contributed by atoms with van der Waals surface area (Å²) in [5.41, 5.74) is 0.174. The van der Waals surface area contributed by atoms with E-state index in [1.54, 1.807) is 24.3 Å². The van der Waals surface area contributed by atoms with Crippen molar-refractivity contribution in [2.24, 2.45) is 0 Å². The molecule has 9 nitrogen and oxygen atoms in total. The molecule has 2 aliphatic rings. The smallest absolute Gasteiger partial charge is 0.325 e. The summed E-state index contributed by atoms with van der Waals surface area (Å²) in [6, 6.07) is 5.85. The molecule has 2 fully saturated rings. The van der Waals surface area contributed by atoms with Gasteiger partial charge in [-0.1, -0.05) is 12.8 Å². The molecule has 1 aromatic carbocycles. The number of urea groups is 1. The molecule has 9 heteroatoms. The van der Waals surface area contributed by atoms with Gasteiger partial charge in [-0.05, 0) is 51.0 Å². The number of hydrogen-bond donors (Lipinski definition) is 2. The van der Waals surface area contributed by atoms with Gasteiger partial charge in [0.2, 0.25) is 0 Å². The van der Waals surface area contributed by atoms with Crippen LogP contribution in [-0.2, 0) is 19.1 Å². The number of anilines is 1. The molecular weight excluding hydrogens is 390 g/mol. The van der Waals surface area contributed by atoms with E-state index < -0.39 is 29.6 Å². The monoisotopic (exact) mass is 415 g/mol. The first-order valence-electron chi connectivity index (χ1n) is 9.97. The number of amides is 4. The van der Waals surface area contributed by atoms with Gasteiger partial charge in [0.25, 0.3) is 11.8 Å². The van der Waals surface area contributed by atoms with Gasteiger partial charge in [0.05, 0.1) is 6.42 Å². The Morgan fingerprint density at radius 1 is 1.17 bits per heavy atom. The van der Waals surface area contributed by atoms with E-state index in [4.69, 9.17) is 4.74 Å². The first-order chi connectivity index (χ1) is 14.2. The second-order valence-corrected chi connectivity index (χ2v) is 7.68. The Morgan fingerprint density at radius 3 is 2.40 bits per heavy atom. The van der Waals surface area contributed by atoms with Crippen LogP contribution in [0.2, 0.25) is 0 Å². The summed E-state index contributed by atoms with van der Waals surface area (Å²) in [7, 11) is 0. The Hall–Kier alpha value is -3.23. The quantitative estimate of drug-likeness (QED) is 0.399. The molecule has 0 unspecified atom stereocenters. The number of rotatable bonds is 7. The van der Waals surface area contributed by atoms with E-state index >= 15 is 0 Å². The van der Waals surface area contributed by atoms with E-state index in [-0.39, 0.29) is 24.7 Å². The van der Waals surface area contributed by atoms with Crippen LogP contribution in [0.4, 0.5) is 10.5 Å². The Balaban J connectivity index is 1.47. The highest BCUT2D eigenvalue weighted by Crippen LogP contribution is 2.35. The molecule has 0 bridgehead atoms. The van der Waals surface area contributed by atoms with Crippen molar-refractivity contribution in [1.82, 2.24) is 10.2 Å². The normalized spacial score (nSPS) is 18.3. The first kappa shape index (κ1) is 21.5. The summed E-state index contributed by atoms with van der Waals surface area (Å²) in [5.74, 6) is -1.59. The van der Waals surface area contributed by atoms with E-state index in [9.17, 15) is 24.0 Å². The highest BCUT2D eigenvalue weighted by molar-refractivity contribution is 6.07. The van der Waals surface area contributed by atoms with Gasteiger partial charge in [-0.25, -0.2) is 4.79 Å². The van der Waals surface area contributed by atoms with Crippen molar-refractivity contribution in [1.29, 1.82) is 0 Å². The fourth-order valence-corrected chi connectivity index (χ4v) is 3.74. The van der Waals surface area contributed by atoms with Gasteiger partial charge in [-0.15, -0.1) is 0 Å². The summed E-state index contributed by atoms with van der Waals surface area (Å²) in [5, 5.41) is 5.35. The number of imide groups is 1. The van der Waals surface area contributed by atoms with Crippen molar-refractivity contribution in [2.75, 3.05) is 11.9 Å². The SMILES string of the molecule is CC(=O)c1ccc(NC(=O)[C@@H](C)OC(=O)CCN2C(=O)NC3(CCCC3)C2=O)cc1.